The molecule has 0 aliphatic carbocycles. The van der Waals surface area contributed by atoms with Crippen LogP contribution in [0.1, 0.15) is 53.2 Å². The highest BCUT2D eigenvalue weighted by Gasteiger charge is 2.11. The second-order valence-corrected chi connectivity index (χ2v) is 8.65. The third-order valence-corrected chi connectivity index (χ3v) is 6.33. The summed E-state index contributed by atoms with van der Waals surface area (Å²) >= 11 is 0. The van der Waals surface area contributed by atoms with E-state index in [0.717, 1.165) is 42.1 Å². The molecule has 0 aromatic heterocycles. The molecule has 4 nitrogen and oxygen atoms in total. The molecule has 4 rings (SSSR count). The van der Waals surface area contributed by atoms with Gasteiger partial charge in [-0.2, -0.15) is 0 Å². The van der Waals surface area contributed by atoms with Gasteiger partial charge in [-0.15, -0.1) is 0 Å². The van der Waals surface area contributed by atoms with Crippen LogP contribution in [0.2, 0.25) is 0 Å². The molecule has 0 unspecified atom stereocenters. The van der Waals surface area contributed by atoms with E-state index in [4.69, 9.17) is 9.47 Å². The lowest BCUT2D eigenvalue weighted by atomic mass is 10.1. The molecule has 176 valence electrons. The Kier molecular flexibility index (Phi) is 8.03. The number of ketones is 1. The third-order valence-electron chi connectivity index (χ3n) is 6.33. The molecule has 3 aromatic carbocycles. The molecular formula is C30H33NO3. The second kappa shape index (κ2) is 11.6. The Morgan fingerprint density at radius 3 is 2.35 bits per heavy atom. The average Bonchev–Trinajstić information content (AvgIpc) is 2.91. The quantitative estimate of drug-likeness (QED) is 0.265. The number of anilines is 1. The van der Waals surface area contributed by atoms with Gasteiger partial charge in [0, 0.05) is 29.9 Å². The number of hydrogen-bond donors (Lipinski definition) is 0. The first kappa shape index (κ1) is 23.6. The summed E-state index contributed by atoms with van der Waals surface area (Å²) in [5.74, 6) is 1.58. The predicted octanol–water partition coefficient (Wildman–Crippen LogP) is 6.72. The van der Waals surface area contributed by atoms with Gasteiger partial charge in [0.25, 0.3) is 0 Å². The van der Waals surface area contributed by atoms with Gasteiger partial charge in [-0.25, -0.2) is 0 Å². The molecular weight excluding hydrogens is 422 g/mol. The van der Waals surface area contributed by atoms with E-state index in [1.807, 2.05) is 48.5 Å². The molecule has 0 N–H and O–H groups in total. The molecule has 0 radical (unpaired) electrons. The van der Waals surface area contributed by atoms with Crippen molar-refractivity contribution in [1.29, 1.82) is 0 Å². The minimum atomic E-state index is -0.00479. The lowest BCUT2D eigenvalue weighted by Gasteiger charge is -2.28. The van der Waals surface area contributed by atoms with Crippen molar-refractivity contribution >= 4 is 17.5 Å². The molecule has 1 aliphatic heterocycles. The van der Waals surface area contributed by atoms with Crippen LogP contribution in [0, 0.1) is 0 Å². The number of methoxy groups -OCH3 is 1. The van der Waals surface area contributed by atoms with Crippen molar-refractivity contribution in [2.75, 3.05) is 25.1 Å². The molecule has 3 aromatic rings. The first-order valence-electron chi connectivity index (χ1n) is 12.1. The molecule has 4 heteroatoms. The van der Waals surface area contributed by atoms with Gasteiger partial charge in [0.2, 0.25) is 0 Å². The van der Waals surface area contributed by atoms with Gasteiger partial charge < -0.3 is 14.4 Å². The summed E-state index contributed by atoms with van der Waals surface area (Å²) in [7, 11) is 1.65. The van der Waals surface area contributed by atoms with Gasteiger partial charge >= 0.3 is 0 Å². The van der Waals surface area contributed by atoms with Crippen molar-refractivity contribution < 1.29 is 14.3 Å². The number of nitrogens with zero attached hydrogens (tertiary/aromatic N) is 1. The van der Waals surface area contributed by atoms with Crippen LogP contribution in [0.5, 0.6) is 11.5 Å². The van der Waals surface area contributed by atoms with Crippen molar-refractivity contribution in [2.45, 2.75) is 39.2 Å². The fourth-order valence-electron chi connectivity index (χ4n) is 4.25. The highest BCUT2D eigenvalue weighted by molar-refractivity contribution is 6.07. The number of carbonyl (C=O) groups excluding carboxylic acids is 1. The van der Waals surface area contributed by atoms with Crippen molar-refractivity contribution in [3.05, 3.63) is 95.1 Å². The standard InChI is InChI=1S/C30H33NO3/c1-3-23-7-15-28(16-8-23)34-22-26-21-24(10-18-30(26)33-2)9-17-29(32)25-11-13-27(14-12-25)31-19-5-4-6-20-31/h7-18,21H,3-6,19-20,22H2,1-2H3/b17-9+. The predicted molar refractivity (Wildman–Crippen MR) is 139 cm³/mol. The van der Waals surface area contributed by atoms with Crippen molar-refractivity contribution in [3.63, 3.8) is 0 Å². The van der Waals surface area contributed by atoms with Gasteiger partial charge in [-0.3, -0.25) is 4.79 Å². The van der Waals surface area contributed by atoms with E-state index < -0.39 is 0 Å². The summed E-state index contributed by atoms with van der Waals surface area (Å²) in [4.78, 5) is 15.1. The van der Waals surface area contributed by atoms with Crippen LogP contribution in [0.4, 0.5) is 5.69 Å². The Labute approximate surface area is 202 Å². The minimum Gasteiger partial charge on any atom is -0.496 e. The van der Waals surface area contributed by atoms with Gasteiger partial charge in [0.05, 0.1) is 7.11 Å². The van der Waals surface area contributed by atoms with E-state index in [9.17, 15) is 4.79 Å². The van der Waals surface area contributed by atoms with Crippen LogP contribution in [0.25, 0.3) is 6.08 Å². The van der Waals surface area contributed by atoms with Crippen molar-refractivity contribution in [1.82, 2.24) is 0 Å². The second-order valence-electron chi connectivity index (χ2n) is 8.65. The maximum absolute atomic E-state index is 12.7. The molecule has 1 heterocycles. The summed E-state index contributed by atoms with van der Waals surface area (Å²) in [6, 6.07) is 22.0. The summed E-state index contributed by atoms with van der Waals surface area (Å²) < 4.78 is 11.5. The maximum atomic E-state index is 12.7. The van der Waals surface area contributed by atoms with Crippen LogP contribution in [0.15, 0.2) is 72.8 Å². The highest BCUT2D eigenvalue weighted by atomic mass is 16.5. The topological polar surface area (TPSA) is 38.8 Å². The fraction of sp³-hybridized carbons (Fsp3) is 0.300. The lowest BCUT2D eigenvalue weighted by Crippen LogP contribution is -2.29. The zero-order valence-electron chi connectivity index (χ0n) is 20.1. The maximum Gasteiger partial charge on any atom is 0.185 e. The van der Waals surface area contributed by atoms with E-state index in [0.29, 0.717) is 12.2 Å². The molecule has 0 amide bonds. The van der Waals surface area contributed by atoms with E-state index in [1.54, 1.807) is 13.2 Å². The summed E-state index contributed by atoms with van der Waals surface area (Å²) in [6.45, 7) is 4.72. The molecule has 0 bridgehead atoms. The normalized spacial score (nSPS) is 13.8. The zero-order valence-corrected chi connectivity index (χ0v) is 20.1. The van der Waals surface area contributed by atoms with Crippen LogP contribution in [-0.2, 0) is 13.0 Å². The molecule has 1 aliphatic rings. The van der Waals surface area contributed by atoms with Gasteiger partial charge in [-0.05, 0) is 91.4 Å². The van der Waals surface area contributed by atoms with Gasteiger partial charge in [0.1, 0.15) is 18.1 Å². The Hall–Kier alpha value is -3.53. The number of piperidine rings is 1. The number of aryl methyl sites for hydroxylation is 1. The van der Waals surface area contributed by atoms with Crippen LogP contribution >= 0.6 is 0 Å². The highest BCUT2D eigenvalue weighted by Crippen LogP contribution is 2.24. The molecule has 0 spiro atoms. The third kappa shape index (κ3) is 6.07. The summed E-state index contributed by atoms with van der Waals surface area (Å²) in [6.07, 6.45) is 8.27. The fourth-order valence-corrected chi connectivity index (χ4v) is 4.25. The van der Waals surface area contributed by atoms with Crippen molar-refractivity contribution in [2.24, 2.45) is 0 Å². The van der Waals surface area contributed by atoms with Gasteiger partial charge in [-0.1, -0.05) is 31.2 Å². The number of rotatable bonds is 9. The van der Waals surface area contributed by atoms with Crippen LogP contribution in [-0.4, -0.2) is 26.0 Å². The first-order valence-corrected chi connectivity index (χ1v) is 12.1. The molecule has 0 atom stereocenters. The Morgan fingerprint density at radius 1 is 0.941 bits per heavy atom. The van der Waals surface area contributed by atoms with Crippen LogP contribution in [0.3, 0.4) is 0 Å². The van der Waals surface area contributed by atoms with E-state index in [2.05, 4.69) is 36.1 Å². The Morgan fingerprint density at radius 2 is 1.68 bits per heavy atom. The average molecular weight is 456 g/mol. The zero-order chi connectivity index (χ0) is 23.8. The largest absolute Gasteiger partial charge is 0.496 e. The number of carbonyl (C=O) groups is 1. The minimum absolute atomic E-state index is 0.00479. The monoisotopic (exact) mass is 455 g/mol. The molecule has 1 saturated heterocycles. The number of hydrogen-bond acceptors (Lipinski definition) is 4. The molecule has 0 saturated carbocycles. The lowest BCUT2D eigenvalue weighted by molar-refractivity contribution is 0.104. The SMILES string of the molecule is CCc1ccc(OCc2cc(/C=C/C(=O)c3ccc(N4CCCCC4)cc3)ccc2OC)cc1. The summed E-state index contributed by atoms with van der Waals surface area (Å²) in [5.41, 5.74) is 5.04. The van der Waals surface area contributed by atoms with E-state index in [1.165, 1.54) is 30.5 Å². The summed E-state index contributed by atoms with van der Waals surface area (Å²) in [5, 5.41) is 0. The van der Waals surface area contributed by atoms with E-state index in [-0.39, 0.29) is 5.78 Å². The Balaban J connectivity index is 1.41. The van der Waals surface area contributed by atoms with Crippen LogP contribution < -0.4 is 14.4 Å². The number of benzene rings is 3. The molecule has 1 fully saturated rings. The Bertz CT molecular complexity index is 1110. The smallest absolute Gasteiger partial charge is 0.185 e. The van der Waals surface area contributed by atoms with Crippen molar-refractivity contribution in [3.8, 4) is 11.5 Å². The molecule has 34 heavy (non-hydrogen) atoms. The first-order chi connectivity index (χ1) is 16.7. The number of ether oxygens (including phenoxy) is 2. The number of allylic oxidation sites excluding steroid dienone is 1. The van der Waals surface area contributed by atoms with Gasteiger partial charge in [0.15, 0.2) is 5.78 Å². The van der Waals surface area contributed by atoms with E-state index >= 15 is 0 Å².